The van der Waals surface area contributed by atoms with Crippen molar-refractivity contribution in [2.45, 2.75) is 18.0 Å². The van der Waals surface area contributed by atoms with E-state index in [9.17, 15) is 13.2 Å². The summed E-state index contributed by atoms with van der Waals surface area (Å²) in [5.74, 6) is -0.371. The standard InChI is InChI=1S/C20H21N5O4S/c1-29-11-10-24-13-17-19(20(26)22-12-15-6-8-21-9-7-15)23-14-25(17)16-4-2-3-5-18(16)30(24,27)28/h2-9,14H,10-13H2,1H3,(H,22,26). The Morgan fingerprint density at radius 2 is 1.97 bits per heavy atom. The van der Waals surface area contributed by atoms with Crippen LogP contribution in [0.4, 0.5) is 0 Å². The van der Waals surface area contributed by atoms with Crippen LogP contribution in [0.25, 0.3) is 5.69 Å². The number of hydrogen-bond donors (Lipinski definition) is 1. The van der Waals surface area contributed by atoms with Gasteiger partial charge in [-0.25, -0.2) is 13.4 Å². The highest BCUT2D eigenvalue weighted by atomic mass is 32.2. The molecule has 3 aromatic rings. The molecule has 0 spiro atoms. The number of fused-ring (bicyclic) bond motifs is 3. The van der Waals surface area contributed by atoms with Gasteiger partial charge in [-0.1, -0.05) is 12.1 Å². The maximum absolute atomic E-state index is 13.2. The van der Waals surface area contributed by atoms with Crippen LogP contribution in [0.5, 0.6) is 0 Å². The lowest BCUT2D eigenvalue weighted by Crippen LogP contribution is -2.33. The number of amides is 1. The number of hydrogen-bond acceptors (Lipinski definition) is 6. The van der Waals surface area contributed by atoms with E-state index in [1.54, 1.807) is 41.2 Å². The van der Waals surface area contributed by atoms with E-state index in [4.69, 9.17) is 4.74 Å². The maximum atomic E-state index is 13.2. The molecule has 0 unspecified atom stereocenters. The number of nitrogens with one attached hydrogen (secondary N) is 1. The Kier molecular flexibility index (Phi) is 5.62. The third-order valence-electron chi connectivity index (χ3n) is 4.90. The second-order valence-corrected chi connectivity index (χ2v) is 8.65. The fourth-order valence-electron chi connectivity index (χ4n) is 3.35. The first kappa shape index (κ1) is 20.2. The number of carbonyl (C=O) groups excluding carboxylic acids is 1. The number of imidazole rings is 1. The van der Waals surface area contributed by atoms with Gasteiger partial charge in [0.05, 0.1) is 24.5 Å². The van der Waals surface area contributed by atoms with Gasteiger partial charge >= 0.3 is 0 Å². The highest BCUT2D eigenvalue weighted by molar-refractivity contribution is 7.89. The van der Waals surface area contributed by atoms with Crippen molar-refractivity contribution in [3.05, 3.63) is 72.1 Å². The van der Waals surface area contributed by atoms with Crippen molar-refractivity contribution in [2.75, 3.05) is 20.3 Å². The first-order valence-corrected chi connectivity index (χ1v) is 10.8. The van der Waals surface area contributed by atoms with Crippen molar-refractivity contribution >= 4 is 15.9 Å². The molecule has 156 valence electrons. The molecule has 0 bridgehead atoms. The molecule has 3 heterocycles. The number of rotatable bonds is 6. The van der Waals surface area contributed by atoms with E-state index in [0.29, 0.717) is 17.9 Å². The molecule has 1 aliphatic rings. The Hall–Kier alpha value is -3.08. The lowest BCUT2D eigenvalue weighted by atomic mass is 10.2. The van der Waals surface area contributed by atoms with Crippen molar-refractivity contribution in [3.63, 3.8) is 0 Å². The summed E-state index contributed by atoms with van der Waals surface area (Å²) in [6, 6.07) is 10.3. The summed E-state index contributed by atoms with van der Waals surface area (Å²) in [5.41, 5.74) is 2.07. The zero-order chi connectivity index (χ0) is 21.1. The van der Waals surface area contributed by atoms with Gasteiger partial charge in [0.2, 0.25) is 10.0 Å². The number of pyridine rings is 1. The van der Waals surface area contributed by atoms with Crippen LogP contribution in [-0.2, 0) is 27.8 Å². The SMILES string of the molecule is COCCN1Cc2c(C(=O)NCc3ccncc3)ncn2-c2ccccc2S1(=O)=O. The van der Waals surface area contributed by atoms with E-state index in [0.717, 1.165) is 5.56 Å². The number of sulfonamides is 1. The molecule has 0 radical (unpaired) electrons. The third kappa shape index (κ3) is 3.72. The Bertz CT molecular complexity index is 1160. The lowest BCUT2D eigenvalue weighted by molar-refractivity contribution is 0.0944. The summed E-state index contributed by atoms with van der Waals surface area (Å²) in [6.07, 6.45) is 4.80. The topological polar surface area (TPSA) is 106 Å². The van der Waals surface area contributed by atoms with Crippen LogP contribution >= 0.6 is 0 Å². The molecule has 10 heteroatoms. The second kappa shape index (κ2) is 8.34. The fourth-order valence-corrected chi connectivity index (χ4v) is 4.91. The van der Waals surface area contributed by atoms with Crippen molar-refractivity contribution in [2.24, 2.45) is 0 Å². The van der Waals surface area contributed by atoms with Crippen molar-refractivity contribution in [1.29, 1.82) is 0 Å². The summed E-state index contributed by atoms with van der Waals surface area (Å²) in [7, 11) is -2.25. The maximum Gasteiger partial charge on any atom is 0.272 e. The predicted molar refractivity (Wildman–Crippen MR) is 108 cm³/mol. The normalized spacial score (nSPS) is 15.1. The Morgan fingerprint density at radius 1 is 1.20 bits per heavy atom. The first-order valence-electron chi connectivity index (χ1n) is 9.34. The molecule has 2 aromatic heterocycles. The molecule has 0 saturated carbocycles. The van der Waals surface area contributed by atoms with Crippen LogP contribution in [-0.4, -0.2) is 53.4 Å². The van der Waals surface area contributed by atoms with Crippen molar-refractivity contribution in [1.82, 2.24) is 24.2 Å². The zero-order valence-electron chi connectivity index (χ0n) is 16.4. The number of aromatic nitrogens is 3. The van der Waals surface area contributed by atoms with Gasteiger partial charge in [0.25, 0.3) is 5.91 Å². The number of carbonyl (C=O) groups is 1. The monoisotopic (exact) mass is 427 g/mol. The number of ether oxygens (including phenoxy) is 1. The molecular formula is C20H21N5O4S. The second-order valence-electron chi connectivity index (χ2n) is 6.75. The van der Waals surface area contributed by atoms with Gasteiger partial charge < -0.3 is 10.1 Å². The molecule has 0 aliphatic carbocycles. The lowest BCUT2D eigenvalue weighted by Gasteiger charge is -2.20. The summed E-state index contributed by atoms with van der Waals surface area (Å²) in [5, 5.41) is 2.84. The summed E-state index contributed by atoms with van der Waals surface area (Å²) in [6.45, 7) is 0.726. The number of methoxy groups -OCH3 is 1. The first-order chi connectivity index (χ1) is 14.5. The number of para-hydroxylation sites is 1. The minimum Gasteiger partial charge on any atom is -0.383 e. The van der Waals surface area contributed by atoms with Gasteiger partial charge in [-0.15, -0.1) is 0 Å². The van der Waals surface area contributed by atoms with Crippen LogP contribution in [0.2, 0.25) is 0 Å². The summed E-state index contributed by atoms with van der Waals surface area (Å²) < 4.78 is 34.5. The van der Waals surface area contributed by atoms with Crippen molar-refractivity contribution in [3.8, 4) is 5.69 Å². The Balaban J connectivity index is 1.71. The highest BCUT2D eigenvalue weighted by Gasteiger charge is 2.34. The van der Waals surface area contributed by atoms with Crippen LogP contribution in [0.1, 0.15) is 21.7 Å². The summed E-state index contributed by atoms with van der Waals surface area (Å²) >= 11 is 0. The molecule has 1 N–H and O–H groups in total. The highest BCUT2D eigenvalue weighted by Crippen LogP contribution is 2.31. The molecule has 0 saturated heterocycles. The predicted octanol–water partition coefficient (Wildman–Crippen LogP) is 1.35. The van der Waals surface area contributed by atoms with Crippen LogP contribution in [0, 0.1) is 0 Å². The largest absolute Gasteiger partial charge is 0.383 e. The van der Waals surface area contributed by atoms with Crippen LogP contribution < -0.4 is 5.32 Å². The summed E-state index contributed by atoms with van der Waals surface area (Å²) in [4.78, 5) is 21.3. The average Bonchev–Trinajstić information content (AvgIpc) is 3.15. The van der Waals surface area contributed by atoms with Crippen LogP contribution in [0.3, 0.4) is 0 Å². The molecule has 1 aromatic carbocycles. The molecule has 30 heavy (non-hydrogen) atoms. The molecular weight excluding hydrogens is 406 g/mol. The van der Waals surface area contributed by atoms with E-state index < -0.39 is 10.0 Å². The molecule has 1 aliphatic heterocycles. The average molecular weight is 427 g/mol. The smallest absolute Gasteiger partial charge is 0.272 e. The zero-order valence-corrected chi connectivity index (χ0v) is 17.2. The fraction of sp³-hybridized carbons (Fsp3) is 0.250. The minimum atomic E-state index is -3.76. The molecule has 9 nitrogen and oxygen atoms in total. The Morgan fingerprint density at radius 3 is 2.73 bits per heavy atom. The van der Waals surface area contributed by atoms with Gasteiger partial charge in [0.15, 0.2) is 5.69 Å². The minimum absolute atomic E-state index is 0.0123. The van der Waals surface area contributed by atoms with E-state index in [1.807, 2.05) is 12.1 Å². The number of benzene rings is 1. The molecule has 0 fully saturated rings. The van der Waals surface area contributed by atoms with Gasteiger partial charge in [0.1, 0.15) is 11.2 Å². The number of nitrogens with zero attached hydrogens (tertiary/aromatic N) is 4. The molecule has 0 atom stereocenters. The van der Waals surface area contributed by atoms with Gasteiger partial charge in [-0.2, -0.15) is 4.31 Å². The van der Waals surface area contributed by atoms with Crippen LogP contribution in [0.15, 0.2) is 60.0 Å². The molecule has 4 rings (SSSR count). The van der Waals surface area contributed by atoms with E-state index in [1.165, 1.54) is 17.7 Å². The van der Waals surface area contributed by atoms with E-state index >= 15 is 0 Å². The van der Waals surface area contributed by atoms with E-state index in [-0.39, 0.29) is 36.2 Å². The van der Waals surface area contributed by atoms with Gasteiger partial charge in [0, 0.05) is 32.6 Å². The van der Waals surface area contributed by atoms with E-state index in [2.05, 4.69) is 15.3 Å². The quantitative estimate of drug-likeness (QED) is 0.636. The third-order valence-corrected chi connectivity index (χ3v) is 6.79. The van der Waals surface area contributed by atoms with Crippen molar-refractivity contribution < 1.29 is 17.9 Å². The van der Waals surface area contributed by atoms with Gasteiger partial charge in [-0.3, -0.25) is 14.3 Å². The molecule has 1 amide bonds. The Labute approximate surface area is 174 Å². The van der Waals surface area contributed by atoms with Gasteiger partial charge in [-0.05, 0) is 29.8 Å².